The summed E-state index contributed by atoms with van der Waals surface area (Å²) in [7, 11) is 0. The molecule has 0 aromatic heterocycles. The van der Waals surface area contributed by atoms with E-state index in [2.05, 4.69) is 11.8 Å². The van der Waals surface area contributed by atoms with Gasteiger partial charge in [0.1, 0.15) is 6.04 Å². The molecule has 2 fully saturated rings. The smallest absolute Gasteiger partial charge is 0.323 e. The van der Waals surface area contributed by atoms with Gasteiger partial charge < -0.3 is 9.84 Å². The third-order valence-corrected chi connectivity index (χ3v) is 3.60. The molecule has 0 amide bonds. The first-order valence-corrected chi connectivity index (χ1v) is 5.69. The molecule has 2 unspecified atom stereocenters. The van der Waals surface area contributed by atoms with E-state index in [0.717, 1.165) is 25.3 Å². The predicted octanol–water partition coefficient (Wildman–Crippen LogP) is 0.959. The molecule has 0 spiro atoms. The first-order chi connectivity index (χ1) is 7.09. The molecule has 1 aliphatic carbocycles. The Bertz CT molecular complexity index is 250. The summed E-state index contributed by atoms with van der Waals surface area (Å²) in [5.74, 6) is 0.00403. The van der Waals surface area contributed by atoms with Crippen LogP contribution in [0.3, 0.4) is 0 Å². The standard InChI is InChI=1S/C11H19NO3/c1-7-5-9(6-7)12-3-4-15-8(2)10(12)11(13)14/h7-10H,3-6H2,1-2H3,(H,13,14). The number of carbonyl (C=O) groups is 1. The molecule has 15 heavy (non-hydrogen) atoms. The number of hydrogen-bond donors (Lipinski definition) is 1. The topological polar surface area (TPSA) is 49.8 Å². The lowest BCUT2D eigenvalue weighted by atomic mass is 9.79. The molecule has 1 N–H and O–H groups in total. The van der Waals surface area contributed by atoms with Gasteiger partial charge in [-0.3, -0.25) is 9.69 Å². The van der Waals surface area contributed by atoms with Crippen molar-refractivity contribution in [2.45, 2.75) is 44.9 Å². The van der Waals surface area contributed by atoms with E-state index in [1.54, 1.807) is 0 Å². The predicted molar refractivity (Wildman–Crippen MR) is 55.7 cm³/mol. The highest BCUT2D eigenvalue weighted by atomic mass is 16.5. The average Bonchev–Trinajstić information content (AvgIpc) is 2.12. The van der Waals surface area contributed by atoms with Crippen LogP contribution >= 0.6 is 0 Å². The zero-order valence-electron chi connectivity index (χ0n) is 9.35. The molecule has 1 heterocycles. The number of nitrogens with zero attached hydrogens (tertiary/aromatic N) is 1. The van der Waals surface area contributed by atoms with Crippen LogP contribution in [-0.4, -0.2) is 47.3 Å². The van der Waals surface area contributed by atoms with E-state index in [4.69, 9.17) is 4.74 Å². The molecule has 1 aliphatic heterocycles. The van der Waals surface area contributed by atoms with Crippen LogP contribution in [0.2, 0.25) is 0 Å². The molecule has 86 valence electrons. The van der Waals surface area contributed by atoms with Crippen molar-refractivity contribution in [3.8, 4) is 0 Å². The maximum absolute atomic E-state index is 11.2. The van der Waals surface area contributed by atoms with E-state index < -0.39 is 12.0 Å². The van der Waals surface area contributed by atoms with Crippen LogP contribution in [0.1, 0.15) is 26.7 Å². The number of carboxylic acid groups (broad SMARTS) is 1. The van der Waals surface area contributed by atoms with Gasteiger partial charge in [-0.25, -0.2) is 0 Å². The molecule has 1 saturated carbocycles. The van der Waals surface area contributed by atoms with E-state index in [1.807, 2.05) is 6.92 Å². The van der Waals surface area contributed by atoms with E-state index in [1.165, 1.54) is 0 Å². The van der Waals surface area contributed by atoms with Crippen molar-refractivity contribution in [3.63, 3.8) is 0 Å². The molecule has 2 aliphatic rings. The van der Waals surface area contributed by atoms with Gasteiger partial charge in [0.05, 0.1) is 12.7 Å². The van der Waals surface area contributed by atoms with Gasteiger partial charge in [0.15, 0.2) is 0 Å². The molecule has 0 aromatic rings. The fraction of sp³-hybridized carbons (Fsp3) is 0.909. The van der Waals surface area contributed by atoms with Gasteiger partial charge in [-0.1, -0.05) is 6.92 Å². The number of rotatable bonds is 2. The van der Waals surface area contributed by atoms with Gasteiger partial charge in [-0.2, -0.15) is 0 Å². The van der Waals surface area contributed by atoms with Crippen molar-refractivity contribution in [1.82, 2.24) is 4.90 Å². The Morgan fingerprint density at radius 3 is 2.60 bits per heavy atom. The molecule has 4 nitrogen and oxygen atoms in total. The zero-order valence-corrected chi connectivity index (χ0v) is 9.35. The normalized spacial score (nSPS) is 42.3. The van der Waals surface area contributed by atoms with Crippen molar-refractivity contribution in [2.24, 2.45) is 5.92 Å². The van der Waals surface area contributed by atoms with Crippen molar-refractivity contribution in [1.29, 1.82) is 0 Å². The van der Waals surface area contributed by atoms with Gasteiger partial charge >= 0.3 is 5.97 Å². The minimum Gasteiger partial charge on any atom is -0.480 e. The van der Waals surface area contributed by atoms with Gasteiger partial charge in [0.2, 0.25) is 0 Å². The maximum Gasteiger partial charge on any atom is 0.323 e. The summed E-state index contributed by atoms with van der Waals surface area (Å²) < 4.78 is 5.41. The van der Waals surface area contributed by atoms with Crippen LogP contribution in [0.25, 0.3) is 0 Å². The van der Waals surface area contributed by atoms with Gasteiger partial charge in [-0.05, 0) is 25.7 Å². The van der Waals surface area contributed by atoms with Crippen molar-refractivity contribution >= 4 is 5.97 Å². The quantitative estimate of drug-likeness (QED) is 0.742. The third kappa shape index (κ3) is 2.01. The largest absolute Gasteiger partial charge is 0.480 e. The number of aliphatic carboxylic acids is 1. The molecule has 0 aromatic carbocycles. The van der Waals surface area contributed by atoms with E-state index >= 15 is 0 Å². The SMILES string of the molecule is CC1CC(N2CCOC(C)C2C(=O)O)C1. The number of carboxylic acids is 1. The Hall–Kier alpha value is -0.610. The Morgan fingerprint density at radius 2 is 2.07 bits per heavy atom. The number of morpholine rings is 1. The minimum atomic E-state index is -0.748. The summed E-state index contributed by atoms with van der Waals surface area (Å²) in [5, 5.41) is 9.19. The number of ether oxygens (including phenoxy) is 1. The Kier molecular flexibility index (Phi) is 2.98. The van der Waals surface area contributed by atoms with E-state index in [9.17, 15) is 9.90 Å². The summed E-state index contributed by atoms with van der Waals surface area (Å²) in [5.41, 5.74) is 0. The fourth-order valence-electron chi connectivity index (χ4n) is 2.73. The monoisotopic (exact) mass is 213 g/mol. The first-order valence-electron chi connectivity index (χ1n) is 5.69. The average molecular weight is 213 g/mol. The maximum atomic E-state index is 11.2. The second kappa shape index (κ2) is 4.10. The highest BCUT2D eigenvalue weighted by Gasteiger charge is 2.42. The lowest BCUT2D eigenvalue weighted by molar-refractivity contribution is -0.162. The first kappa shape index (κ1) is 10.9. The van der Waals surface area contributed by atoms with Crippen molar-refractivity contribution in [3.05, 3.63) is 0 Å². The Labute approximate surface area is 90.2 Å². The van der Waals surface area contributed by atoms with Crippen LogP contribution in [0.4, 0.5) is 0 Å². The zero-order chi connectivity index (χ0) is 11.0. The summed E-state index contributed by atoms with van der Waals surface area (Å²) in [6.45, 7) is 5.50. The third-order valence-electron chi connectivity index (χ3n) is 3.60. The van der Waals surface area contributed by atoms with E-state index in [0.29, 0.717) is 12.6 Å². The van der Waals surface area contributed by atoms with Crippen LogP contribution in [0.5, 0.6) is 0 Å². The summed E-state index contributed by atoms with van der Waals surface area (Å²) in [4.78, 5) is 13.3. The molecular weight excluding hydrogens is 194 g/mol. The number of hydrogen-bond acceptors (Lipinski definition) is 3. The second-order valence-electron chi connectivity index (χ2n) is 4.83. The summed E-state index contributed by atoms with van der Waals surface area (Å²) in [6.07, 6.45) is 2.08. The van der Waals surface area contributed by atoms with Crippen LogP contribution in [0.15, 0.2) is 0 Å². The van der Waals surface area contributed by atoms with Gasteiger partial charge in [-0.15, -0.1) is 0 Å². The lowest BCUT2D eigenvalue weighted by Crippen LogP contribution is -2.60. The second-order valence-corrected chi connectivity index (χ2v) is 4.83. The van der Waals surface area contributed by atoms with Gasteiger partial charge in [0, 0.05) is 12.6 Å². The molecule has 0 radical (unpaired) electrons. The van der Waals surface area contributed by atoms with Crippen LogP contribution < -0.4 is 0 Å². The van der Waals surface area contributed by atoms with Crippen LogP contribution in [0, 0.1) is 5.92 Å². The summed E-state index contributed by atoms with van der Waals surface area (Å²) in [6, 6.07) is 0.0173. The summed E-state index contributed by atoms with van der Waals surface area (Å²) >= 11 is 0. The van der Waals surface area contributed by atoms with E-state index in [-0.39, 0.29) is 6.10 Å². The molecule has 2 rings (SSSR count). The molecule has 0 bridgehead atoms. The fourth-order valence-corrected chi connectivity index (χ4v) is 2.73. The van der Waals surface area contributed by atoms with Crippen molar-refractivity contribution in [2.75, 3.05) is 13.2 Å². The highest BCUT2D eigenvalue weighted by Crippen LogP contribution is 2.34. The van der Waals surface area contributed by atoms with Crippen molar-refractivity contribution < 1.29 is 14.6 Å². The van der Waals surface area contributed by atoms with Gasteiger partial charge in [0.25, 0.3) is 0 Å². The molecule has 4 heteroatoms. The molecule has 2 atom stereocenters. The molecule has 1 saturated heterocycles. The Balaban J connectivity index is 2.03. The highest BCUT2D eigenvalue weighted by molar-refractivity contribution is 5.74. The minimum absolute atomic E-state index is 0.188. The van der Waals surface area contributed by atoms with Crippen LogP contribution in [-0.2, 0) is 9.53 Å². The Morgan fingerprint density at radius 1 is 1.40 bits per heavy atom. The molecular formula is C11H19NO3. The lowest BCUT2D eigenvalue weighted by Gasteiger charge is -2.47.